The Morgan fingerprint density at radius 1 is 1.06 bits per heavy atom. The molecule has 0 aliphatic rings. The molecular formula is C14H17NO. The molecule has 0 aliphatic carbocycles. The van der Waals surface area contributed by atoms with E-state index in [4.69, 9.17) is 4.42 Å². The fourth-order valence-corrected chi connectivity index (χ4v) is 1.73. The highest BCUT2D eigenvalue weighted by Gasteiger charge is 2.01. The van der Waals surface area contributed by atoms with E-state index >= 15 is 0 Å². The lowest BCUT2D eigenvalue weighted by atomic mass is 10.2. The molecule has 0 fully saturated rings. The van der Waals surface area contributed by atoms with E-state index in [-0.39, 0.29) is 0 Å². The van der Waals surface area contributed by atoms with Crippen LogP contribution in [0.2, 0.25) is 0 Å². The van der Waals surface area contributed by atoms with Crippen molar-refractivity contribution < 1.29 is 4.42 Å². The van der Waals surface area contributed by atoms with Gasteiger partial charge in [-0.05, 0) is 24.7 Å². The summed E-state index contributed by atoms with van der Waals surface area (Å²) < 4.78 is 5.31. The van der Waals surface area contributed by atoms with Crippen molar-refractivity contribution in [2.24, 2.45) is 0 Å². The van der Waals surface area contributed by atoms with Crippen LogP contribution in [0.5, 0.6) is 0 Å². The molecule has 1 aromatic heterocycles. The van der Waals surface area contributed by atoms with Crippen molar-refractivity contribution in [1.29, 1.82) is 0 Å². The van der Waals surface area contributed by atoms with Gasteiger partial charge in [-0.1, -0.05) is 30.3 Å². The van der Waals surface area contributed by atoms with E-state index in [1.165, 1.54) is 5.56 Å². The summed E-state index contributed by atoms with van der Waals surface area (Å²) in [6.45, 7) is 2.00. The topological polar surface area (TPSA) is 16.4 Å². The number of hydrogen-bond donors (Lipinski definition) is 0. The van der Waals surface area contributed by atoms with Gasteiger partial charge in [0.1, 0.15) is 5.76 Å². The average molecular weight is 215 g/mol. The summed E-state index contributed by atoms with van der Waals surface area (Å²) in [6.07, 6.45) is 2.70. The lowest BCUT2D eigenvalue weighted by Gasteiger charge is -2.15. The van der Waals surface area contributed by atoms with Crippen molar-refractivity contribution in [2.75, 3.05) is 13.6 Å². The predicted molar refractivity (Wildman–Crippen MR) is 65.2 cm³/mol. The number of benzene rings is 1. The molecule has 0 atom stereocenters. The van der Waals surface area contributed by atoms with E-state index < -0.39 is 0 Å². The van der Waals surface area contributed by atoms with Crippen molar-refractivity contribution in [2.45, 2.75) is 13.0 Å². The third kappa shape index (κ3) is 3.24. The van der Waals surface area contributed by atoms with Gasteiger partial charge in [0.25, 0.3) is 0 Å². The van der Waals surface area contributed by atoms with Gasteiger partial charge in [-0.25, -0.2) is 0 Å². The number of hydrogen-bond acceptors (Lipinski definition) is 2. The van der Waals surface area contributed by atoms with Crippen LogP contribution in [-0.4, -0.2) is 18.5 Å². The maximum Gasteiger partial charge on any atom is 0.105 e. The van der Waals surface area contributed by atoms with Gasteiger partial charge >= 0.3 is 0 Å². The standard InChI is InChI=1S/C14H17NO/c1-15(10-9-14-8-5-11-16-14)12-13-6-3-2-4-7-13/h2-8,11H,9-10,12H2,1H3. The average Bonchev–Trinajstić information content (AvgIpc) is 2.81. The Kier molecular flexibility index (Phi) is 3.78. The van der Waals surface area contributed by atoms with Gasteiger partial charge in [0.15, 0.2) is 0 Å². The van der Waals surface area contributed by atoms with Crippen molar-refractivity contribution in [3.8, 4) is 0 Å². The maximum atomic E-state index is 5.31. The maximum absolute atomic E-state index is 5.31. The molecular weight excluding hydrogens is 198 g/mol. The van der Waals surface area contributed by atoms with Crippen LogP contribution < -0.4 is 0 Å². The number of likely N-dealkylation sites (N-methyl/N-ethyl adjacent to an activating group) is 1. The van der Waals surface area contributed by atoms with Crippen LogP contribution in [0.4, 0.5) is 0 Å². The molecule has 0 N–H and O–H groups in total. The van der Waals surface area contributed by atoms with Gasteiger partial charge in [-0.15, -0.1) is 0 Å². The summed E-state index contributed by atoms with van der Waals surface area (Å²) in [4.78, 5) is 2.30. The monoisotopic (exact) mass is 215 g/mol. The molecule has 1 heterocycles. The molecule has 0 amide bonds. The number of rotatable bonds is 5. The van der Waals surface area contributed by atoms with Gasteiger partial charge < -0.3 is 9.32 Å². The quantitative estimate of drug-likeness (QED) is 0.762. The lowest BCUT2D eigenvalue weighted by molar-refractivity contribution is 0.320. The van der Waals surface area contributed by atoms with Crippen molar-refractivity contribution in [1.82, 2.24) is 4.90 Å². The minimum absolute atomic E-state index is 0.969. The largest absolute Gasteiger partial charge is 0.469 e. The Morgan fingerprint density at radius 2 is 1.88 bits per heavy atom. The smallest absolute Gasteiger partial charge is 0.105 e. The first-order chi connectivity index (χ1) is 7.84. The van der Waals surface area contributed by atoms with Crippen LogP contribution >= 0.6 is 0 Å². The third-order valence-electron chi connectivity index (χ3n) is 2.62. The predicted octanol–water partition coefficient (Wildman–Crippen LogP) is 2.95. The van der Waals surface area contributed by atoms with Crippen molar-refractivity contribution in [3.05, 3.63) is 60.1 Å². The SMILES string of the molecule is CN(CCc1ccco1)Cc1ccccc1. The molecule has 1 aromatic carbocycles. The molecule has 2 nitrogen and oxygen atoms in total. The van der Waals surface area contributed by atoms with Crippen LogP contribution in [0.15, 0.2) is 53.1 Å². The molecule has 0 unspecified atom stereocenters. The summed E-state index contributed by atoms with van der Waals surface area (Å²) in [5, 5.41) is 0. The summed E-state index contributed by atoms with van der Waals surface area (Å²) in [5.41, 5.74) is 1.35. The first kappa shape index (κ1) is 11.0. The van der Waals surface area contributed by atoms with Gasteiger partial charge in [0.2, 0.25) is 0 Å². The van der Waals surface area contributed by atoms with Crippen LogP contribution in [0, 0.1) is 0 Å². The zero-order valence-corrected chi connectivity index (χ0v) is 9.60. The number of nitrogens with zero attached hydrogens (tertiary/aromatic N) is 1. The molecule has 16 heavy (non-hydrogen) atoms. The van der Waals surface area contributed by atoms with Gasteiger partial charge in [-0.2, -0.15) is 0 Å². The Bertz CT molecular complexity index is 394. The summed E-state index contributed by atoms with van der Waals surface area (Å²) in [7, 11) is 2.13. The zero-order chi connectivity index (χ0) is 11.2. The molecule has 2 heteroatoms. The highest BCUT2D eigenvalue weighted by Crippen LogP contribution is 2.05. The molecule has 0 saturated heterocycles. The molecule has 84 valence electrons. The van der Waals surface area contributed by atoms with E-state index in [0.29, 0.717) is 0 Å². The molecule has 0 bridgehead atoms. The summed E-state index contributed by atoms with van der Waals surface area (Å²) in [5.74, 6) is 1.06. The fraction of sp³-hybridized carbons (Fsp3) is 0.286. The summed E-state index contributed by atoms with van der Waals surface area (Å²) >= 11 is 0. The zero-order valence-electron chi connectivity index (χ0n) is 9.60. The minimum atomic E-state index is 0.969. The van der Waals surface area contributed by atoms with Crippen LogP contribution in [0.1, 0.15) is 11.3 Å². The van der Waals surface area contributed by atoms with Crippen LogP contribution in [0.3, 0.4) is 0 Å². The van der Waals surface area contributed by atoms with E-state index in [9.17, 15) is 0 Å². The van der Waals surface area contributed by atoms with E-state index in [0.717, 1.165) is 25.3 Å². The molecule has 2 rings (SSSR count). The normalized spacial score (nSPS) is 10.9. The minimum Gasteiger partial charge on any atom is -0.469 e. The second kappa shape index (κ2) is 5.52. The molecule has 0 saturated carbocycles. The second-order valence-corrected chi connectivity index (χ2v) is 4.05. The van der Waals surface area contributed by atoms with E-state index in [1.807, 2.05) is 18.2 Å². The molecule has 2 aromatic rings. The highest BCUT2D eigenvalue weighted by molar-refractivity contribution is 5.14. The Labute approximate surface area is 96.5 Å². The molecule has 0 spiro atoms. The van der Waals surface area contributed by atoms with Gasteiger partial charge in [0, 0.05) is 19.5 Å². The van der Waals surface area contributed by atoms with Crippen molar-refractivity contribution in [3.63, 3.8) is 0 Å². The van der Waals surface area contributed by atoms with E-state index in [1.54, 1.807) is 6.26 Å². The highest BCUT2D eigenvalue weighted by atomic mass is 16.3. The van der Waals surface area contributed by atoms with Gasteiger partial charge in [0.05, 0.1) is 6.26 Å². The third-order valence-corrected chi connectivity index (χ3v) is 2.62. The Hall–Kier alpha value is -1.54. The Balaban J connectivity index is 1.78. The molecule has 0 radical (unpaired) electrons. The van der Waals surface area contributed by atoms with Crippen molar-refractivity contribution >= 4 is 0 Å². The van der Waals surface area contributed by atoms with Crippen LogP contribution in [0.25, 0.3) is 0 Å². The Morgan fingerprint density at radius 3 is 2.56 bits per heavy atom. The second-order valence-electron chi connectivity index (χ2n) is 4.05. The van der Waals surface area contributed by atoms with Crippen LogP contribution in [-0.2, 0) is 13.0 Å². The summed E-state index contributed by atoms with van der Waals surface area (Å²) in [6, 6.07) is 14.5. The lowest BCUT2D eigenvalue weighted by Crippen LogP contribution is -2.20. The number of furan rings is 1. The van der Waals surface area contributed by atoms with E-state index in [2.05, 4.69) is 36.2 Å². The first-order valence-corrected chi connectivity index (χ1v) is 5.59. The molecule has 0 aliphatic heterocycles. The first-order valence-electron chi connectivity index (χ1n) is 5.59. The van der Waals surface area contributed by atoms with Gasteiger partial charge in [-0.3, -0.25) is 0 Å². The fourth-order valence-electron chi connectivity index (χ4n) is 1.73.